The number of non-ortho nitro benzene ring substituents is 1. The fourth-order valence-corrected chi connectivity index (χ4v) is 3.05. The lowest BCUT2D eigenvalue weighted by molar-refractivity contribution is -0.384. The number of benzene rings is 2. The van der Waals surface area contributed by atoms with Crippen LogP contribution in [0.2, 0.25) is 0 Å². The second kappa shape index (κ2) is 9.47. The molecule has 0 spiro atoms. The summed E-state index contributed by atoms with van der Waals surface area (Å²) >= 11 is 1.51. The van der Waals surface area contributed by atoms with Gasteiger partial charge in [0.05, 0.1) is 22.9 Å². The second-order valence-corrected chi connectivity index (χ2v) is 6.14. The predicted molar refractivity (Wildman–Crippen MR) is 97.4 cm³/mol. The van der Waals surface area contributed by atoms with Crippen LogP contribution >= 0.6 is 11.8 Å². The highest BCUT2D eigenvalue weighted by molar-refractivity contribution is 7.99. The third-order valence-electron chi connectivity index (χ3n) is 3.17. The highest BCUT2D eigenvalue weighted by Gasteiger charge is 2.11. The molecule has 25 heavy (non-hydrogen) atoms. The van der Waals surface area contributed by atoms with Crippen molar-refractivity contribution in [2.75, 3.05) is 6.61 Å². The van der Waals surface area contributed by atoms with E-state index in [9.17, 15) is 14.9 Å². The van der Waals surface area contributed by atoms with E-state index in [1.54, 1.807) is 25.1 Å². The highest BCUT2D eigenvalue weighted by Crippen LogP contribution is 2.36. The summed E-state index contributed by atoms with van der Waals surface area (Å²) in [6.07, 6.45) is 3.04. The quantitative estimate of drug-likeness (QED) is 0.180. The molecule has 6 heteroatoms. The minimum absolute atomic E-state index is 0.0540. The molecular formula is C19H17NO4S. The van der Waals surface area contributed by atoms with Crippen LogP contribution in [0.3, 0.4) is 0 Å². The molecule has 0 amide bonds. The summed E-state index contributed by atoms with van der Waals surface area (Å²) in [6.45, 7) is 2.06. The van der Waals surface area contributed by atoms with Crippen LogP contribution in [0.5, 0.6) is 0 Å². The molecule has 0 aliphatic heterocycles. The number of nitrogens with zero attached hydrogens (tertiary/aromatic N) is 1. The molecule has 0 fully saturated rings. The zero-order valence-corrected chi connectivity index (χ0v) is 14.4. The maximum Gasteiger partial charge on any atom is 0.338 e. The lowest BCUT2D eigenvalue weighted by atomic mass is 10.1. The van der Waals surface area contributed by atoms with Gasteiger partial charge in [-0.2, -0.15) is 0 Å². The van der Waals surface area contributed by atoms with E-state index >= 15 is 0 Å². The first-order valence-electron chi connectivity index (χ1n) is 7.65. The molecule has 5 nitrogen and oxygen atoms in total. The number of ether oxygens (including phenoxy) is 1. The second-order valence-electron chi connectivity index (χ2n) is 4.93. The Morgan fingerprint density at radius 1 is 1.24 bits per heavy atom. The fourth-order valence-electron chi connectivity index (χ4n) is 2.02. The molecule has 2 aromatic rings. The number of thioether (sulfide) groups is 1. The number of nitro groups is 1. The van der Waals surface area contributed by atoms with Crippen molar-refractivity contribution in [3.8, 4) is 0 Å². The fraction of sp³-hybridized carbons (Fsp3) is 0.158. The van der Waals surface area contributed by atoms with Crippen LogP contribution in [0.15, 0.2) is 77.4 Å². The number of hydrogen-bond donors (Lipinski definition) is 0. The van der Waals surface area contributed by atoms with Crippen LogP contribution in [0.1, 0.15) is 17.7 Å². The summed E-state index contributed by atoms with van der Waals surface area (Å²) in [7, 11) is 0. The molecular weight excluding hydrogens is 338 g/mol. The van der Waals surface area contributed by atoms with Gasteiger partial charge < -0.3 is 4.74 Å². The van der Waals surface area contributed by atoms with E-state index in [0.29, 0.717) is 6.61 Å². The summed E-state index contributed by atoms with van der Waals surface area (Å²) in [6, 6.07) is 16.1. The van der Waals surface area contributed by atoms with Crippen molar-refractivity contribution in [1.29, 1.82) is 0 Å². The van der Waals surface area contributed by atoms with Crippen LogP contribution in [0, 0.1) is 10.1 Å². The third-order valence-corrected chi connectivity index (χ3v) is 4.38. The Kier molecular flexibility index (Phi) is 7.01. The molecule has 0 saturated heterocycles. The molecule has 0 bridgehead atoms. The molecule has 1 unspecified atom stereocenters. The molecule has 2 rings (SSSR count). The van der Waals surface area contributed by atoms with Gasteiger partial charge in [0.25, 0.3) is 5.69 Å². The van der Waals surface area contributed by atoms with Gasteiger partial charge in [-0.15, -0.1) is 17.5 Å². The highest BCUT2D eigenvalue weighted by atomic mass is 32.2. The van der Waals surface area contributed by atoms with Crippen LogP contribution in [-0.2, 0) is 9.53 Å². The van der Waals surface area contributed by atoms with Gasteiger partial charge in [0, 0.05) is 17.0 Å². The maximum absolute atomic E-state index is 11.4. The molecule has 128 valence electrons. The van der Waals surface area contributed by atoms with Crippen LogP contribution in [-0.4, -0.2) is 17.5 Å². The Morgan fingerprint density at radius 2 is 1.92 bits per heavy atom. The number of rotatable bonds is 7. The van der Waals surface area contributed by atoms with Crippen molar-refractivity contribution < 1.29 is 14.5 Å². The Bertz CT molecular complexity index is 781. The lowest BCUT2D eigenvalue weighted by Gasteiger charge is -2.12. The van der Waals surface area contributed by atoms with Gasteiger partial charge in [-0.25, -0.2) is 4.79 Å². The van der Waals surface area contributed by atoms with Gasteiger partial charge >= 0.3 is 5.97 Å². The number of carbonyl (C=O) groups is 1. The van der Waals surface area contributed by atoms with Crippen LogP contribution in [0.25, 0.3) is 0 Å². The Balaban J connectivity index is 2.21. The Hall–Kier alpha value is -2.82. The Morgan fingerprint density at radius 3 is 2.52 bits per heavy atom. The number of carbonyl (C=O) groups excluding carboxylic acids is 1. The normalized spacial score (nSPS) is 11.1. The van der Waals surface area contributed by atoms with E-state index in [0.717, 1.165) is 10.5 Å². The maximum atomic E-state index is 11.4. The average Bonchev–Trinajstić information content (AvgIpc) is 2.62. The molecule has 0 aliphatic carbocycles. The van der Waals surface area contributed by atoms with Crippen molar-refractivity contribution in [3.63, 3.8) is 0 Å². The van der Waals surface area contributed by atoms with Gasteiger partial charge in [-0.05, 0) is 30.7 Å². The van der Waals surface area contributed by atoms with Gasteiger partial charge in [-0.1, -0.05) is 30.3 Å². The SMILES string of the molecule is CCOC(=O)C=C=CC(Sc1ccc([N+](=O)[O-])cc1)c1ccccc1. The molecule has 0 aliphatic rings. The number of hydrogen-bond acceptors (Lipinski definition) is 5. The van der Waals surface area contributed by atoms with E-state index < -0.39 is 10.9 Å². The molecule has 1 atom stereocenters. The largest absolute Gasteiger partial charge is 0.462 e. The molecule has 0 aromatic heterocycles. The van der Waals surface area contributed by atoms with Gasteiger partial charge in [0.1, 0.15) is 0 Å². The predicted octanol–water partition coefficient (Wildman–Crippen LogP) is 4.70. The van der Waals surface area contributed by atoms with Crippen molar-refractivity contribution in [3.05, 3.63) is 88.2 Å². The zero-order valence-electron chi connectivity index (χ0n) is 13.6. The zero-order chi connectivity index (χ0) is 18.1. The summed E-state index contributed by atoms with van der Waals surface area (Å²) < 4.78 is 4.84. The van der Waals surface area contributed by atoms with Crippen molar-refractivity contribution in [2.45, 2.75) is 17.1 Å². The standard InChI is InChI=1S/C19H17NO4S/c1-2-24-19(21)10-6-9-18(15-7-4-3-5-8-15)25-17-13-11-16(12-14-17)20(22)23/h3-5,7-14,18H,2H2,1H3. The molecule has 2 aromatic carbocycles. The topological polar surface area (TPSA) is 69.4 Å². The molecule has 0 heterocycles. The monoisotopic (exact) mass is 355 g/mol. The first kappa shape index (κ1) is 18.5. The molecule has 0 N–H and O–H groups in total. The summed E-state index contributed by atoms with van der Waals surface area (Å²) in [4.78, 5) is 22.6. The van der Waals surface area contributed by atoms with E-state index in [-0.39, 0.29) is 10.9 Å². The van der Waals surface area contributed by atoms with Crippen LogP contribution < -0.4 is 0 Å². The summed E-state index contributed by atoms with van der Waals surface area (Å²) in [5, 5.41) is 10.7. The minimum atomic E-state index is -0.439. The summed E-state index contributed by atoms with van der Waals surface area (Å²) in [5.41, 5.74) is 3.96. The van der Waals surface area contributed by atoms with Crippen LogP contribution in [0.4, 0.5) is 5.69 Å². The van der Waals surface area contributed by atoms with Gasteiger partial charge in [-0.3, -0.25) is 10.1 Å². The molecule has 0 radical (unpaired) electrons. The first-order chi connectivity index (χ1) is 12.1. The van der Waals surface area contributed by atoms with Crippen molar-refractivity contribution in [2.24, 2.45) is 0 Å². The lowest BCUT2D eigenvalue weighted by Crippen LogP contribution is -1.98. The Labute approximate surface area is 150 Å². The van der Waals surface area contributed by atoms with E-state index in [1.807, 2.05) is 30.3 Å². The van der Waals surface area contributed by atoms with Crippen molar-refractivity contribution in [1.82, 2.24) is 0 Å². The molecule has 0 saturated carbocycles. The third kappa shape index (κ3) is 5.95. The average molecular weight is 355 g/mol. The first-order valence-corrected chi connectivity index (χ1v) is 8.53. The number of nitro benzene ring substituents is 1. The van der Waals surface area contributed by atoms with E-state index in [1.165, 1.54) is 30.0 Å². The smallest absolute Gasteiger partial charge is 0.338 e. The van der Waals surface area contributed by atoms with Gasteiger partial charge in [0.15, 0.2) is 0 Å². The van der Waals surface area contributed by atoms with Gasteiger partial charge in [0.2, 0.25) is 0 Å². The van der Waals surface area contributed by atoms with E-state index in [2.05, 4.69) is 5.73 Å². The van der Waals surface area contributed by atoms with Crippen molar-refractivity contribution >= 4 is 23.4 Å². The minimum Gasteiger partial charge on any atom is -0.462 e. The van der Waals surface area contributed by atoms with E-state index in [4.69, 9.17) is 4.74 Å². The number of esters is 1. The summed E-state index contributed by atoms with van der Waals surface area (Å²) in [5.74, 6) is -0.439.